The van der Waals surface area contributed by atoms with E-state index in [1.54, 1.807) is 0 Å². The normalized spacial score (nSPS) is 20.6. The van der Waals surface area contributed by atoms with Crippen molar-refractivity contribution in [3.8, 4) is 0 Å². The number of nitrogens with zero attached hydrogens (tertiary/aromatic N) is 1. The van der Waals surface area contributed by atoms with Crippen molar-refractivity contribution in [1.82, 2.24) is 14.6 Å². The van der Waals surface area contributed by atoms with E-state index in [-0.39, 0.29) is 28.3 Å². The Balaban J connectivity index is 1.38. The number of aromatic nitrogens is 1. The average Bonchev–Trinajstić information content (AvgIpc) is 2.90. The van der Waals surface area contributed by atoms with Crippen molar-refractivity contribution in [3.63, 3.8) is 0 Å². The fraction of sp³-hybridized carbons (Fsp3) is 0.600. The number of carbonyl (C=O) groups is 1. The largest absolute Gasteiger partial charge is 0.417 e. The first-order valence-corrected chi connectivity index (χ1v) is 11.8. The molecule has 0 radical (unpaired) electrons. The first kappa shape index (κ1) is 20.2. The van der Waals surface area contributed by atoms with Gasteiger partial charge >= 0.3 is 5.76 Å². The molecule has 1 aliphatic carbocycles. The van der Waals surface area contributed by atoms with Crippen LogP contribution in [-0.4, -0.2) is 42.7 Å². The van der Waals surface area contributed by atoms with Crippen LogP contribution in [0.4, 0.5) is 0 Å². The Kier molecular flexibility index (Phi) is 5.78. The number of piperidine rings is 1. The van der Waals surface area contributed by atoms with Crippen LogP contribution in [0.1, 0.15) is 51.4 Å². The monoisotopic (exact) mass is 421 g/mol. The molecule has 1 aromatic carbocycles. The van der Waals surface area contributed by atoms with E-state index >= 15 is 0 Å². The number of aromatic amines is 1. The van der Waals surface area contributed by atoms with Gasteiger partial charge < -0.3 is 9.73 Å². The zero-order valence-corrected chi connectivity index (χ0v) is 17.2. The van der Waals surface area contributed by atoms with Crippen LogP contribution in [0.5, 0.6) is 0 Å². The number of nitrogens with one attached hydrogen (secondary N) is 2. The molecule has 8 nitrogen and oxygen atoms in total. The van der Waals surface area contributed by atoms with Gasteiger partial charge in [-0.05, 0) is 37.8 Å². The lowest BCUT2D eigenvalue weighted by atomic mass is 9.96. The molecule has 2 heterocycles. The molecular weight excluding hydrogens is 394 g/mol. The third kappa shape index (κ3) is 4.40. The summed E-state index contributed by atoms with van der Waals surface area (Å²) in [5.41, 5.74) is 0.677. The van der Waals surface area contributed by atoms with Crippen molar-refractivity contribution in [2.75, 3.05) is 13.1 Å². The van der Waals surface area contributed by atoms with Crippen LogP contribution in [0.25, 0.3) is 11.1 Å². The molecule has 1 amide bonds. The van der Waals surface area contributed by atoms with E-state index in [9.17, 15) is 18.0 Å². The van der Waals surface area contributed by atoms with Gasteiger partial charge in [-0.15, -0.1) is 0 Å². The van der Waals surface area contributed by atoms with E-state index in [1.165, 1.54) is 35.3 Å². The second kappa shape index (κ2) is 8.31. The smallest absolute Gasteiger partial charge is 0.408 e. The van der Waals surface area contributed by atoms with Gasteiger partial charge in [0.05, 0.1) is 10.4 Å². The predicted molar refractivity (Wildman–Crippen MR) is 108 cm³/mol. The maximum atomic E-state index is 13.0. The van der Waals surface area contributed by atoms with Crippen LogP contribution in [0.15, 0.2) is 32.3 Å². The number of hydrogen-bond acceptors (Lipinski definition) is 5. The van der Waals surface area contributed by atoms with E-state index < -0.39 is 15.8 Å². The van der Waals surface area contributed by atoms with Gasteiger partial charge in [0.25, 0.3) is 0 Å². The molecule has 1 aromatic heterocycles. The van der Waals surface area contributed by atoms with Crippen molar-refractivity contribution in [3.05, 3.63) is 28.7 Å². The molecule has 0 bridgehead atoms. The van der Waals surface area contributed by atoms with Crippen LogP contribution in [0, 0.1) is 5.92 Å². The minimum Gasteiger partial charge on any atom is -0.408 e. The molecule has 2 aliphatic rings. The van der Waals surface area contributed by atoms with Gasteiger partial charge in [0, 0.05) is 31.1 Å². The molecule has 1 saturated carbocycles. The van der Waals surface area contributed by atoms with E-state index in [4.69, 9.17) is 4.42 Å². The summed E-state index contributed by atoms with van der Waals surface area (Å²) in [5, 5.41) is 3.18. The fourth-order valence-electron chi connectivity index (χ4n) is 4.34. The number of amides is 1. The van der Waals surface area contributed by atoms with Crippen LogP contribution in [-0.2, 0) is 14.8 Å². The van der Waals surface area contributed by atoms with Crippen LogP contribution >= 0.6 is 0 Å². The number of fused-ring (bicyclic) bond motifs is 1. The molecule has 2 aromatic rings. The lowest BCUT2D eigenvalue weighted by molar-refractivity contribution is -0.126. The molecule has 0 atom stereocenters. The molecule has 4 rings (SSSR count). The van der Waals surface area contributed by atoms with Gasteiger partial charge in [0.15, 0.2) is 5.58 Å². The predicted octanol–water partition coefficient (Wildman–Crippen LogP) is 2.36. The summed E-state index contributed by atoms with van der Waals surface area (Å²) in [6, 6.07) is 4.62. The minimum atomic E-state index is -3.70. The Morgan fingerprint density at radius 1 is 1.07 bits per heavy atom. The molecule has 2 fully saturated rings. The third-order valence-corrected chi connectivity index (χ3v) is 7.95. The van der Waals surface area contributed by atoms with Crippen LogP contribution in [0.2, 0.25) is 0 Å². The number of benzene rings is 1. The summed E-state index contributed by atoms with van der Waals surface area (Å²) in [5.74, 6) is -0.700. The highest BCUT2D eigenvalue weighted by molar-refractivity contribution is 7.89. The zero-order chi connectivity index (χ0) is 20.4. The molecule has 9 heteroatoms. The Labute approximate surface area is 169 Å². The topological polar surface area (TPSA) is 112 Å². The highest BCUT2D eigenvalue weighted by Gasteiger charge is 2.33. The quantitative estimate of drug-likeness (QED) is 0.736. The zero-order valence-electron chi connectivity index (χ0n) is 16.4. The SMILES string of the molecule is O=C(NC1CCCCCC1)C1CCN(S(=O)(=O)c2ccc3[nH]c(=O)oc3c2)CC1. The molecule has 2 N–H and O–H groups in total. The Hall–Kier alpha value is -2.13. The van der Waals surface area contributed by atoms with Crippen molar-refractivity contribution in [1.29, 1.82) is 0 Å². The summed E-state index contributed by atoms with van der Waals surface area (Å²) in [6.07, 6.45) is 7.90. The highest BCUT2D eigenvalue weighted by atomic mass is 32.2. The van der Waals surface area contributed by atoms with Gasteiger partial charge in [0.1, 0.15) is 0 Å². The first-order valence-electron chi connectivity index (χ1n) is 10.4. The Morgan fingerprint density at radius 2 is 1.76 bits per heavy atom. The van der Waals surface area contributed by atoms with Crippen molar-refractivity contribution in [2.45, 2.75) is 62.3 Å². The van der Waals surface area contributed by atoms with Crippen LogP contribution in [0.3, 0.4) is 0 Å². The Bertz CT molecular complexity index is 1030. The number of carbonyl (C=O) groups excluding carboxylic acids is 1. The van der Waals surface area contributed by atoms with Gasteiger partial charge in [-0.1, -0.05) is 25.7 Å². The molecule has 0 unspecified atom stereocenters. The fourth-order valence-corrected chi connectivity index (χ4v) is 5.82. The van der Waals surface area contributed by atoms with E-state index in [0.717, 1.165) is 25.7 Å². The summed E-state index contributed by atoms with van der Waals surface area (Å²) in [7, 11) is -3.70. The average molecular weight is 422 g/mol. The van der Waals surface area contributed by atoms with E-state index in [2.05, 4.69) is 10.3 Å². The summed E-state index contributed by atoms with van der Waals surface area (Å²) >= 11 is 0. The highest BCUT2D eigenvalue weighted by Crippen LogP contribution is 2.26. The van der Waals surface area contributed by atoms with Crippen molar-refractivity contribution < 1.29 is 17.6 Å². The first-order chi connectivity index (χ1) is 13.9. The van der Waals surface area contributed by atoms with Gasteiger partial charge in [-0.2, -0.15) is 4.31 Å². The third-order valence-electron chi connectivity index (χ3n) is 6.06. The number of hydrogen-bond donors (Lipinski definition) is 2. The molecule has 0 spiro atoms. The maximum absolute atomic E-state index is 13.0. The second-order valence-electron chi connectivity index (χ2n) is 8.05. The van der Waals surface area contributed by atoms with Crippen molar-refractivity contribution >= 4 is 27.0 Å². The van der Waals surface area contributed by atoms with Gasteiger partial charge in [-0.3, -0.25) is 9.78 Å². The minimum absolute atomic E-state index is 0.0597. The number of sulfonamides is 1. The number of oxazole rings is 1. The van der Waals surface area contributed by atoms with Crippen LogP contribution < -0.4 is 11.1 Å². The summed E-state index contributed by atoms with van der Waals surface area (Å²) < 4.78 is 32.3. The second-order valence-corrected chi connectivity index (χ2v) is 9.99. The molecule has 158 valence electrons. The lowest BCUT2D eigenvalue weighted by Crippen LogP contribution is -2.45. The number of H-pyrrole nitrogens is 1. The summed E-state index contributed by atoms with van der Waals surface area (Å²) in [6.45, 7) is 0.612. The van der Waals surface area contributed by atoms with Crippen molar-refractivity contribution in [2.24, 2.45) is 5.92 Å². The standard InChI is InChI=1S/C20H27N3O5S/c24-19(21-15-5-3-1-2-4-6-15)14-9-11-23(12-10-14)29(26,27)16-7-8-17-18(13-16)28-20(25)22-17/h7-8,13-15H,1-6,9-12H2,(H,21,24)(H,22,25). The van der Waals surface area contributed by atoms with E-state index in [1.807, 2.05) is 0 Å². The molecule has 1 aliphatic heterocycles. The van der Waals surface area contributed by atoms with E-state index in [0.29, 0.717) is 31.4 Å². The molecular formula is C20H27N3O5S. The summed E-state index contributed by atoms with van der Waals surface area (Å²) in [4.78, 5) is 26.5. The molecule has 29 heavy (non-hydrogen) atoms. The Morgan fingerprint density at radius 3 is 2.45 bits per heavy atom. The van der Waals surface area contributed by atoms with Gasteiger partial charge in [0.2, 0.25) is 15.9 Å². The van der Waals surface area contributed by atoms with Gasteiger partial charge in [-0.25, -0.2) is 13.2 Å². The lowest BCUT2D eigenvalue weighted by Gasteiger charge is -2.31. The number of rotatable bonds is 4. The molecule has 1 saturated heterocycles. The maximum Gasteiger partial charge on any atom is 0.417 e.